The quantitative estimate of drug-likeness (QED) is 0.687. The summed E-state index contributed by atoms with van der Waals surface area (Å²) in [5, 5.41) is 0. The van der Waals surface area contributed by atoms with Crippen LogP contribution < -0.4 is 5.73 Å². The second-order valence-electron chi connectivity index (χ2n) is 7.53. The Hall–Kier alpha value is 0.177. The third-order valence-electron chi connectivity index (χ3n) is 4.47. The molecule has 1 nitrogen and oxygen atoms in total. The van der Waals surface area contributed by atoms with E-state index >= 15 is 0 Å². The second kappa shape index (κ2) is 6.37. The molecule has 17 heavy (non-hydrogen) atoms. The maximum absolute atomic E-state index is 6.11. The number of hydrogen-bond acceptors (Lipinski definition) is 1. The fourth-order valence-corrected chi connectivity index (χ4v) is 6.40. The van der Waals surface area contributed by atoms with Gasteiger partial charge in [0.25, 0.3) is 0 Å². The molecule has 1 saturated carbocycles. The van der Waals surface area contributed by atoms with E-state index < -0.39 is 8.07 Å². The molecule has 1 aliphatic carbocycles. The van der Waals surface area contributed by atoms with Crippen LogP contribution in [0.1, 0.15) is 51.9 Å². The molecule has 1 aliphatic rings. The van der Waals surface area contributed by atoms with Crippen LogP contribution in [0.15, 0.2) is 0 Å². The molecule has 0 aromatic heterocycles. The SMILES string of the molecule is CCCCC1CCC(CN)(C[Si](C)(C)C)CC1. The minimum absolute atomic E-state index is 0.521. The van der Waals surface area contributed by atoms with E-state index in [2.05, 4.69) is 26.6 Å². The van der Waals surface area contributed by atoms with Crippen LogP contribution in [-0.2, 0) is 0 Å². The van der Waals surface area contributed by atoms with Crippen molar-refractivity contribution in [1.29, 1.82) is 0 Å². The predicted octanol–water partition coefficient (Wildman–Crippen LogP) is 4.65. The van der Waals surface area contributed by atoms with Gasteiger partial charge in [-0.15, -0.1) is 0 Å². The van der Waals surface area contributed by atoms with Crippen molar-refractivity contribution in [3.05, 3.63) is 0 Å². The highest BCUT2D eigenvalue weighted by molar-refractivity contribution is 6.76. The zero-order valence-corrected chi connectivity index (χ0v) is 13.5. The van der Waals surface area contributed by atoms with E-state index in [0.717, 1.165) is 12.5 Å². The average Bonchev–Trinajstić information content (AvgIpc) is 2.26. The van der Waals surface area contributed by atoms with Gasteiger partial charge in [0.05, 0.1) is 0 Å². The summed E-state index contributed by atoms with van der Waals surface area (Å²) in [5.74, 6) is 1.01. The summed E-state index contributed by atoms with van der Waals surface area (Å²) < 4.78 is 0. The van der Waals surface area contributed by atoms with Gasteiger partial charge in [-0.05, 0) is 43.6 Å². The van der Waals surface area contributed by atoms with E-state index in [-0.39, 0.29) is 0 Å². The van der Waals surface area contributed by atoms with Crippen LogP contribution in [0.4, 0.5) is 0 Å². The Morgan fingerprint density at radius 2 is 1.76 bits per heavy atom. The molecular formula is C15H33NSi. The first-order valence-corrected chi connectivity index (χ1v) is 11.3. The van der Waals surface area contributed by atoms with E-state index in [4.69, 9.17) is 5.73 Å². The van der Waals surface area contributed by atoms with Gasteiger partial charge < -0.3 is 5.73 Å². The van der Waals surface area contributed by atoms with Crippen molar-refractivity contribution in [2.45, 2.75) is 77.6 Å². The van der Waals surface area contributed by atoms with E-state index in [9.17, 15) is 0 Å². The fourth-order valence-electron chi connectivity index (χ4n) is 3.65. The van der Waals surface area contributed by atoms with Gasteiger partial charge in [-0.25, -0.2) is 0 Å². The van der Waals surface area contributed by atoms with Gasteiger partial charge in [0.15, 0.2) is 0 Å². The lowest BCUT2D eigenvalue weighted by atomic mass is 9.70. The van der Waals surface area contributed by atoms with E-state index in [0.29, 0.717) is 5.41 Å². The molecule has 1 fully saturated rings. The van der Waals surface area contributed by atoms with E-state index in [1.807, 2.05) is 0 Å². The smallest absolute Gasteiger partial charge is 0.0448 e. The minimum atomic E-state index is -0.965. The Bertz CT molecular complexity index is 211. The molecule has 0 radical (unpaired) electrons. The van der Waals surface area contributed by atoms with Gasteiger partial charge in [-0.2, -0.15) is 0 Å². The largest absolute Gasteiger partial charge is 0.330 e. The Morgan fingerprint density at radius 3 is 2.18 bits per heavy atom. The zero-order chi connectivity index (χ0) is 12.9. The van der Waals surface area contributed by atoms with E-state index in [1.54, 1.807) is 0 Å². The predicted molar refractivity (Wildman–Crippen MR) is 81.1 cm³/mol. The maximum atomic E-state index is 6.11. The molecule has 0 spiro atoms. The molecule has 0 saturated heterocycles. The molecule has 0 atom stereocenters. The van der Waals surface area contributed by atoms with Crippen molar-refractivity contribution in [2.24, 2.45) is 17.1 Å². The Labute approximate surface area is 110 Å². The molecule has 0 bridgehead atoms. The molecule has 0 aromatic rings. The normalized spacial score (nSPS) is 30.5. The number of unbranched alkanes of at least 4 members (excludes halogenated alkanes) is 1. The van der Waals surface area contributed by atoms with Crippen LogP contribution in [0.2, 0.25) is 25.7 Å². The summed E-state index contributed by atoms with van der Waals surface area (Å²) in [5.41, 5.74) is 6.63. The van der Waals surface area contributed by atoms with Gasteiger partial charge in [0.1, 0.15) is 0 Å². The molecule has 102 valence electrons. The van der Waals surface area contributed by atoms with Crippen molar-refractivity contribution in [3.8, 4) is 0 Å². The van der Waals surface area contributed by atoms with Crippen molar-refractivity contribution >= 4 is 8.07 Å². The average molecular weight is 256 g/mol. The summed E-state index contributed by atoms with van der Waals surface area (Å²) in [7, 11) is -0.965. The standard InChI is InChI=1S/C15H33NSi/c1-5-6-7-14-8-10-15(12-16,11-9-14)13-17(2,3)4/h14H,5-13,16H2,1-4H3. The van der Waals surface area contributed by atoms with Gasteiger partial charge in [0, 0.05) is 8.07 Å². The Morgan fingerprint density at radius 1 is 1.18 bits per heavy atom. The highest BCUT2D eigenvalue weighted by Gasteiger charge is 2.37. The molecule has 0 unspecified atom stereocenters. The number of nitrogens with two attached hydrogens (primary N) is 1. The maximum Gasteiger partial charge on any atom is 0.0448 e. The van der Waals surface area contributed by atoms with Crippen LogP contribution in [-0.4, -0.2) is 14.6 Å². The minimum Gasteiger partial charge on any atom is -0.330 e. The van der Waals surface area contributed by atoms with Gasteiger partial charge in [0.2, 0.25) is 0 Å². The summed E-state index contributed by atoms with van der Waals surface area (Å²) in [6.45, 7) is 10.7. The van der Waals surface area contributed by atoms with Gasteiger partial charge in [-0.3, -0.25) is 0 Å². The van der Waals surface area contributed by atoms with Crippen LogP contribution in [0, 0.1) is 11.3 Å². The van der Waals surface area contributed by atoms with Crippen molar-refractivity contribution in [2.75, 3.05) is 6.54 Å². The summed E-state index contributed by atoms with van der Waals surface area (Å²) in [6, 6.07) is 1.44. The van der Waals surface area contributed by atoms with Crippen molar-refractivity contribution in [1.82, 2.24) is 0 Å². The lowest BCUT2D eigenvalue weighted by molar-refractivity contribution is 0.169. The number of rotatable bonds is 6. The first kappa shape index (κ1) is 15.2. The zero-order valence-electron chi connectivity index (χ0n) is 12.5. The van der Waals surface area contributed by atoms with E-state index in [1.165, 1.54) is 51.0 Å². The van der Waals surface area contributed by atoms with Crippen LogP contribution in [0.3, 0.4) is 0 Å². The number of hydrogen-bond donors (Lipinski definition) is 1. The third kappa shape index (κ3) is 5.13. The first-order valence-electron chi connectivity index (χ1n) is 7.61. The highest BCUT2D eigenvalue weighted by Crippen LogP contribution is 2.45. The molecular weight excluding hydrogens is 222 g/mol. The van der Waals surface area contributed by atoms with Crippen LogP contribution >= 0.6 is 0 Å². The Balaban J connectivity index is 2.45. The van der Waals surface area contributed by atoms with Crippen molar-refractivity contribution in [3.63, 3.8) is 0 Å². The summed E-state index contributed by atoms with van der Waals surface area (Å²) in [4.78, 5) is 0. The lowest BCUT2D eigenvalue weighted by Crippen LogP contribution is -2.41. The van der Waals surface area contributed by atoms with Crippen molar-refractivity contribution < 1.29 is 0 Å². The molecule has 2 N–H and O–H groups in total. The molecule has 0 aromatic carbocycles. The van der Waals surface area contributed by atoms with Crippen LogP contribution in [0.5, 0.6) is 0 Å². The van der Waals surface area contributed by atoms with Gasteiger partial charge in [-0.1, -0.05) is 51.9 Å². The second-order valence-corrected chi connectivity index (χ2v) is 13.0. The highest BCUT2D eigenvalue weighted by atomic mass is 28.3. The lowest BCUT2D eigenvalue weighted by Gasteiger charge is -2.43. The third-order valence-corrected chi connectivity index (χ3v) is 6.28. The summed E-state index contributed by atoms with van der Waals surface area (Å²) in [6.07, 6.45) is 9.94. The topological polar surface area (TPSA) is 26.0 Å². The monoisotopic (exact) mass is 255 g/mol. The molecule has 1 rings (SSSR count). The first-order chi connectivity index (χ1) is 7.91. The van der Waals surface area contributed by atoms with Gasteiger partial charge >= 0.3 is 0 Å². The van der Waals surface area contributed by atoms with Crippen LogP contribution in [0.25, 0.3) is 0 Å². The summed E-state index contributed by atoms with van der Waals surface area (Å²) >= 11 is 0. The molecule has 2 heteroatoms. The molecule has 0 amide bonds. The Kier molecular flexibility index (Phi) is 5.71. The molecule has 0 heterocycles. The fraction of sp³-hybridized carbons (Fsp3) is 1.00. The molecule has 0 aliphatic heterocycles.